The fraction of sp³-hybridized carbons (Fsp3) is 0.538. The van der Waals surface area contributed by atoms with Crippen molar-refractivity contribution in [2.24, 2.45) is 5.73 Å². The average molecular weight is 283 g/mol. The first-order valence-electron chi connectivity index (χ1n) is 6.26. The topological polar surface area (TPSA) is 73.9 Å². The normalized spacial score (nSPS) is 42.7. The van der Waals surface area contributed by atoms with Crippen molar-refractivity contribution in [1.82, 2.24) is 0 Å². The van der Waals surface area contributed by atoms with E-state index >= 15 is 0 Å². The van der Waals surface area contributed by atoms with Gasteiger partial charge in [0.15, 0.2) is 6.29 Å². The largest absolute Gasteiger partial charge is 0.389 e. The molecule has 0 spiro atoms. The Morgan fingerprint density at radius 1 is 1.21 bits per heavy atom. The smallest absolute Gasteiger partial charge is 0.184 e. The van der Waals surface area contributed by atoms with Crippen molar-refractivity contribution in [1.29, 1.82) is 0 Å². The van der Waals surface area contributed by atoms with E-state index in [4.69, 9.17) is 19.9 Å². The van der Waals surface area contributed by atoms with Gasteiger partial charge in [0.05, 0.1) is 12.6 Å². The summed E-state index contributed by atoms with van der Waals surface area (Å²) in [6.07, 6.45) is -2.13. The first kappa shape index (κ1) is 13.4. The molecule has 2 fully saturated rings. The number of ether oxygens (including phenoxy) is 3. The van der Waals surface area contributed by atoms with Crippen LogP contribution in [-0.4, -0.2) is 41.5 Å². The molecule has 6 atom stereocenters. The minimum Gasteiger partial charge on any atom is -0.389 e. The quantitative estimate of drug-likeness (QED) is 0.652. The third-order valence-electron chi connectivity index (χ3n) is 3.51. The maximum absolute atomic E-state index is 10.2. The van der Waals surface area contributed by atoms with Gasteiger partial charge in [-0.25, -0.2) is 0 Å². The van der Waals surface area contributed by atoms with E-state index in [1.165, 1.54) is 0 Å². The number of hydrogen-bond acceptors (Lipinski definition) is 6. The molecule has 0 saturated carbocycles. The van der Waals surface area contributed by atoms with Crippen molar-refractivity contribution in [2.75, 3.05) is 6.61 Å². The van der Waals surface area contributed by atoms with E-state index in [9.17, 15) is 5.11 Å². The summed E-state index contributed by atoms with van der Waals surface area (Å²) in [5.41, 5.74) is 6.25. The second-order valence-electron chi connectivity index (χ2n) is 4.81. The van der Waals surface area contributed by atoms with Gasteiger partial charge in [-0.15, -0.1) is 12.6 Å². The summed E-state index contributed by atoms with van der Waals surface area (Å²) in [5, 5.41) is 10.2. The molecule has 3 N–H and O–H groups in total. The Bertz CT molecular complexity index is 430. The first-order chi connectivity index (χ1) is 9.16. The molecule has 0 amide bonds. The van der Waals surface area contributed by atoms with Crippen molar-refractivity contribution in [3.8, 4) is 0 Å². The average Bonchev–Trinajstić information content (AvgIpc) is 2.46. The Labute approximate surface area is 117 Å². The van der Waals surface area contributed by atoms with E-state index in [1.54, 1.807) is 0 Å². The Morgan fingerprint density at radius 3 is 2.68 bits per heavy atom. The van der Waals surface area contributed by atoms with E-state index in [0.29, 0.717) is 6.61 Å². The number of rotatable bonds is 1. The van der Waals surface area contributed by atoms with Crippen LogP contribution in [0.25, 0.3) is 0 Å². The zero-order chi connectivity index (χ0) is 13.4. The van der Waals surface area contributed by atoms with E-state index in [-0.39, 0.29) is 6.10 Å². The number of fused-ring (bicyclic) bond motifs is 1. The Balaban J connectivity index is 1.75. The van der Waals surface area contributed by atoms with E-state index < -0.39 is 30.0 Å². The maximum Gasteiger partial charge on any atom is 0.184 e. The van der Waals surface area contributed by atoms with Gasteiger partial charge >= 0.3 is 0 Å². The second-order valence-corrected chi connectivity index (χ2v) is 5.32. The molecule has 0 radical (unpaired) electrons. The van der Waals surface area contributed by atoms with Crippen LogP contribution in [-0.2, 0) is 14.2 Å². The standard InChI is InChI=1S/C13H17NO4S/c14-9-10(15)11-8(17-13(9)19)6-16-12(18-11)7-4-2-1-3-5-7/h1-5,8-13,15,19H,6,14H2/t8?,9?,10-,11-,12?,13+/m1/s1. The number of thiol groups is 1. The zero-order valence-corrected chi connectivity index (χ0v) is 11.1. The summed E-state index contributed by atoms with van der Waals surface area (Å²) >= 11 is 4.21. The molecule has 1 aromatic rings. The molecular weight excluding hydrogens is 266 g/mol. The summed E-state index contributed by atoms with van der Waals surface area (Å²) in [5.74, 6) is 0. The SMILES string of the molecule is NC1[C@H](S)OC2COC(c3ccccc3)O[C@H]2[C@@H]1O. The van der Waals surface area contributed by atoms with Gasteiger partial charge in [0, 0.05) is 5.56 Å². The number of aliphatic hydroxyl groups is 1. The molecule has 2 saturated heterocycles. The second kappa shape index (κ2) is 5.40. The lowest BCUT2D eigenvalue weighted by molar-refractivity contribution is -0.305. The van der Waals surface area contributed by atoms with Crippen LogP contribution in [0.5, 0.6) is 0 Å². The van der Waals surface area contributed by atoms with E-state index in [1.807, 2.05) is 30.3 Å². The number of hydrogen-bond donors (Lipinski definition) is 3. The molecule has 0 bridgehead atoms. The van der Waals surface area contributed by atoms with Crippen molar-refractivity contribution in [2.45, 2.75) is 36.1 Å². The fourth-order valence-corrected chi connectivity index (χ4v) is 2.74. The van der Waals surface area contributed by atoms with Crippen molar-refractivity contribution in [3.63, 3.8) is 0 Å². The predicted octanol–water partition coefficient (Wildman–Crippen LogP) is 0.444. The van der Waals surface area contributed by atoms with Gasteiger partial charge in [0.2, 0.25) is 0 Å². The molecular formula is C13H17NO4S. The molecule has 19 heavy (non-hydrogen) atoms. The number of nitrogens with two attached hydrogens (primary N) is 1. The molecule has 2 aliphatic rings. The van der Waals surface area contributed by atoms with Gasteiger partial charge in [-0.2, -0.15) is 0 Å². The Kier molecular flexibility index (Phi) is 3.79. The minimum absolute atomic E-state index is 0.336. The summed E-state index contributed by atoms with van der Waals surface area (Å²) in [4.78, 5) is 0. The van der Waals surface area contributed by atoms with Crippen LogP contribution in [0.1, 0.15) is 11.9 Å². The molecule has 0 aliphatic carbocycles. The van der Waals surface area contributed by atoms with Gasteiger partial charge in [0.25, 0.3) is 0 Å². The molecule has 3 rings (SSSR count). The monoisotopic (exact) mass is 283 g/mol. The summed E-state index contributed by atoms with van der Waals surface area (Å²) in [7, 11) is 0. The third kappa shape index (κ3) is 2.52. The minimum atomic E-state index is -0.809. The number of benzene rings is 1. The van der Waals surface area contributed by atoms with Gasteiger partial charge < -0.3 is 25.1 Å². The van der Waals surface area contributed by atoms with E-state index in [2.05, 4.69) is 12.6 Å². The van der Waals surface area contributed by atoms with Crippen LogP contribution in [0.2, 0.25) is 0 Å². The number of aliphatic hydroxyl groups excluding tert-OH is 1. The molecule has 2 aliphatic heterocycles. The van der Waals surface area contributed by atoms with Crippen LogP contribution < -0.4 is 5.73 Å². The zero-order valence-electron chi connectivity index (χ0n) is 10.3. The molecule has 0 aromatic heterocycles. The highest BCUT2D eigenvalue weighted by Crippen LogP contribution is 2.34. The molecule has 6 heteroatoms. The molecule has 1 aromatic carbocycles. The summed E-state index contributed by atoms with van der Waals surface area (Å²) in [6, 6.07) is 9.02. The van der Waals surface area contributed by atoms with Crippen LogP contribution in [0.15, 0.2) is 30.3 Å². The lowest BCUT2D eigenvalue weighted by Crippen LogP contribution is -2.63. The molecule has 5 nitrogen and oxygen atoms in total. The highest BCUT2D eigenvalue weighted by molar-refractivity contribution is 7.80. The van der Waals surface area contributed by atoms with Crippen LogP contribution in [0.3, 0.4) is 0 Å². The first-order valence-corrected chi connectivity index (χ1v) is 6.77. The fourth-order valence-electron chi connectivity index (χ4n) is 2.41. The lowest BCUT2D eigenvalue weighted by atomic mass is 9.97. The van der Waals surface area contributed by atoms with E-state index in [0.717, 1.165) is 5.56 Å². The van der Waals surface area contributed by atoms with Crippen molar-refractivity contribution >= 4 is 12.6 Å². The lowest BCUT2D eigenvalue weighted by Gasteiger charge is -2.45. The molecule has 104 valence electrons. The summed E-state index contributed by atoms with van der Waals surface area (Å²) < 4.78 is 17.0. The highest BCUT2D eigenvalue weighted by atomic mass is 32.1. The van der Waals surface area contributed by atoms with Gasteiger partial charge in [-0.1, -0.05) is 30.3 Å². The maximum atomic E-state index is 10.2. The van der Waals surface area contributed by atoms with Crippen molar-refractivity contribution in [3.05, 3.63) is 35.9 Å². The van der Waals surface area contributed by atoms with Crippen molar-refractivity contribution < 1.29 is 19.3 Å². The molecule has 3 unspecified atom stereocenters. The summed E-state index contributed by atoms with van der Waals surface area (Å²) in [6.45, 7) is 0.352. The predicted molar refractivity (Wildman–Crippen MR) is 71.6 cm³/mol. The van der Waals surface area contributed by atoms with Gasteiger partial charge in [-0.05, 0) is 0 Å². The van der Waals surface area contributed by atoms with Gasteiger partial charge in [0.1, 0.15) is 23.7 Å². The van der Waals surface area contributed by atoms with Crippen LogP contribution >= 0.6 is 12.6 Å². The Morgan fingerprint density at radius 2 is 1.95 bits per heavy atom. The van der Waals surface area contributed by atoms with Gasteiger partial charge in [-0.3, -0.25) is 0 Å². The Hall–Kier alpha value is -0.630. The third-order valence-corrected chi connectivity index (χ3v) is 3.97. The molecule has 2 heterocycles. The van der Waals surface area contributed by atoms with Crippen LogP contribution in [0, 0.1) is 0 Å². The van der Waals surface area contributed by atoms with Crippen LogP contribution in [0.4, 0.5) is 0 Å². The highest BCUT2D eigenvalue weighted by Gasteiger charge is 2.46.